The molecule has 2 N–H and O–H groups in total. The molecule has 19 heavy (non-hydrogen) atoms. The van der Waals surface area contributed by atoms with E-state index in [1.54, 1.807) is 19.1 Å². The molecule has 1 aromatic rings. The highest BCUT2D eigenvalue weighted by atomic mass is 79.9. The van der Waals surface area contributed by atoms with E-state index in [2.05, 4.69) is 15.9 Å². The van der Waals surface area contributed by atoms with Crippen molar-refractivity contribution < 1.29 is 9.53 Å². The first kappa shape index (κ1) is 16.0. The van der Waals surface area contributed by atoms with Crippen LogP contribution in [-0.2, 0) is 11.3 Å². The molecular formula is C14H21BrN2O2. The second kappa shape index (κ2) is 7.50. The molecule has 4 nitrogen and oxygen atoms in total. The van der Waals surface area contributed by atoms with E-state index in [1.165, 1.54) is 0 Å². The minimum atomic E-state index is -0.108. The van der Waals surface area contributed by atoms with Crippen molar-refractivity contribution >= 4 is 21.8 Å². The van der Waals surface area contributed by atoms with Gasteiger partial charge < -0.3 is 15.4 Å². The van der Waals surface area contributed by atoms with E-state index in [0.29, 0.717) is 13.1 Å². The van der Waals surface area contributed by atoms with Crippen LogP contribution in [0, 0.1) is 5.92 Å². The molecule has 1 aromatic carbocycles. The highest BCUT2D eigenvalue weighted by Crippen LogP contribution is 2.24. The summed E-state index contributed by atoms with van der Waals surface area (Å²) < 4.78 is 6.28. The van der Waals surface area contributed by atoms with Crippen LogP contribution in [0.1, 0.15) is 18.9 Å². The summed E-state index contributed by atoms with van der Waals surface area (Å²) in [5.41, 5.74) is 6.59. The summed E-state index contributed by atoms with van der Waals surface area (Å²) in [6.07, 6.45) is 0.759. The van der Waals surface area contributed by atoms with Crippen molar-refractivity contribution in [1.29, 1.82) is 0 Å². The summed E-state index contributed by atoms with van der Waals surface area (Å²) >= 11 is 3.43. The van der Waals surface area contributed by atoms with E-state index in [-0.39, 0.29) is 11.8 Å². The Balaban J connectivity index is 2.84. The van der Waals surface area contributed by atoms with Gasteiger partial charge in [-0.15, -0.1) is 0 Å². The highest BCUT2D eigenvalue weighted by Gasteiger charge is 2.19. The van der Waals surface area contributed by atoms with Gasteiger partial charge in [-0.1, -0.05) is 22.9 Å². The summed E-state index contributed by atoms with van der Waals surface area (Å²) in [6, 6.07) is 5.77. The first-order chi connectivity index (χ1) is 9.03. The highest BCUT2D eigenvalue weighted by molar-refractivity contribution is 9.10. The van der Waals surface area contributed by atoms with E-state index >= 15 is 0 Å². The molecule has 0 heterocycles. The maximum Gasteiger partial charge on any atom is 0.226 e. The summed E-state index contributed by atoms with van der Waals surface area (Å²) in [5, 5.41) is 0. The fourth-order valence-corrected chi connectivity index (χ4v) is 2.37. The van der Waals surface area contributed by atoms with Crippen molar-refractivity contribution in [3.63, 3.8) is 0 Å². The van der Waals surface area contributed by atoms with Crippen LogP contribution in [0.3, 0.4) is 0 Å². The Hall–Kier alpha value is -1.07. The van der Waals surface area contributed by atoms with E-state index in [4.69, 9.17) is 10.5 Å². The van der Waals surface area contributed by atoms with E-state index in [0.717, 1.165) is 22.2 Å². The molecule has 0 aromatic heterocycles. The quantitative estimate of drug-likeness (QED) is 0.872. The molecule has 5 heteroatoms. The number of rotatable bonds is 6. The minimum Gasteiger partial charge on any atom is -0.496 e. The lowest BCUT2D eigenvalue weighted by atomic mass is 10.1. The Kier molecular flexibility index (Phi) is 6.31. The topological polar surface area (TPSA) is 55.6 Å². The second-order valence-electron chi connectivity index (χ2n) is 4.49. The molecule has 0 spiro atoms. The van der Waals surface area contributed by atoms with Gasteiger partial charge in [-0.25, -0.2) is 0 Å². The van der Waals surface area contributed by atoms with Crippen LogP contribution >= 0.6 is 15.9 Å². The Morgan fingerprint density at radius 1 is 1.53 bits per heavy atom. The van der Waals surface area contributed by atoms with E-state index in [1.807, 2.05) is 25.1 Å². The zero-order chi connectivity index (χ0) is 14.4. The van der Waals surface area contributed by atoms with Crippen molar-refractivity contribution in [3.8, 4) is 5.75 Å². The number of nitrogens with zero attached hydrogens (tertiary/aromatic N) is 1. The number of carbonyl (C=O) groups excluding carboxylic acids is 1. The Bertz CT molecular complexity index is 433. The van der Waals surface area contributed by atoms with Crippen molar-refractivity contribution in [3.05, 3.63) is 28.2 Å². The number of nitrogens with two attached hydrogens (primary N) is 1. The molecule has 106 valence electrons. The molecule has 1 atom stereocenters. The zero-order valence-corrected chi connectivity index (χ0v) is 13.2. The number of hydrogen-bond acceptors (Lipinski definition) is 3. The summed E-state index contributed by atoms with van der Waals surface area (Å²) in [6.45, 7) is 2.87. The van der Waals surface area contributed by atoms with Crippen LogP contribution in [0.5, 0.6) is 5.75 Å². The second-order valence-corrected chi connectivity index (χ2v) is 5.41. The van der Waals surface area contributed by atoms with E-state index < -0.39 is 0 Å². The van der Waals surface area contributed by atoms with Crippen molar-refractivity contribution in [2.45, 2.75) is 19.9 Å². The third kappa shape index (κ3) is 4.21. The number of ether oxygens (including phenoxy) is 1. The smallest absolute Gasteiger partial charge is 0.226 e. The van der Waals surface area contributed by atoms with Crippen LogP contribution < -0.4 is 10.5 Å². The van der Waals surface area contributed by atoms with Crippen molar-refractivity contribution in [2.75, 3.05) is 20.7 Å². The van der Waals surface area contributed by atoms with Crippen LogP contribution in [-0.4, -0.2) is 31.5 Å². The third-order valence-electron chi connectivity index (χ3n) is 3.15. The normalized spacial score (nSPS) is 12.1. The molecule has 0 radical (unpaired) electrons. The predicted molar refractivity (Wildman–Crippen MR) is 80.0 cm³/mol. The molecule has 0 aliphatic carbocycles. The molecular weight excluding hydrogens is 308 g/mol. The third-order valence-corrected chi connectivity index (χ3v) is 3.65. The van der Waals surface area contributed by atoms with Gasteiger partial charge in [-0.05, 0) is 24.6 Å². The lowest BCUT2D eigenvalue weighted by Gasteiger charge is -2.23. The molecule has 0 aliphatic rings. The lowest BCUT2D eigenvalue weighted by molar-refractivity contribution is -0.134. The number of amides is 1. The average molecular weight is 329 g/mol. The Labute approximate surface area is 123 Å². The van der Waals surface area contributed by atoms with Crippen molar-refractivity contribution in [2.24, 2.45) is 11.7 Å². The standard InChI is InChI=1S/C14H21BrN2O2/c1-4-10(8-16)14(18)17(2)9-11-7-12(15)5-6-13(11)19-3/h5-7,10H,4,8-9,16H2,1-3H3. The van der Waals surface area contributed by atoms with Gasteiger partial charge in [-0.3, -0.25) is 4.79 Å². The van der Waals surface area contributed by atoms with Gasteiger partial charge in [0, 0.05) is 30.2 Å². The van der Waals surface area contributed by atoms with Gasteiger partial charge in [0.15, 0.2) is 0 Å². The SMILES string of the molecule is CCC(CN)C(=O)N(C)Cc1cc(Br)ccc1OC. The molecule has 1 rings (SSSR count). The molecule has 0 aliphatic heterocycles. The van der Waals surface area contributed by atoms with Crippen LogP contribution in [0.25, 0.3) is 0 Å². The van der Waals surface area contributed by atoms with Crippen LogP contribution in [0.15, 0.2) is 22.7 Å². The summed E-state index contributed by atoms with van der Waals surface area (Å²) in [7, 11) is 3.42. The first-order valence-electron chi connectivity index (χ1n) is 6.30. The predicted octanol–water partition coefficient (Wildman–Crippen LogP) is 2.40. The monoisotopic (exact) mass is 328 g/mol. The number of carbonyl (C=O) groups is 1. The maximum atomic E-state index is 12.2. The average Bonchev–Trinajstić information content (AvgIpc) is 2.40. The number of methoxy groups -OCH3 is 1. The van der Waals surface area contributed by atoms with Crippen LogP contribution in [0.2, 0.25) is 0 Å². The van der Waals surface area contributed by atoms with Gasteiger partial charge >= 0.3 is 0 Å². The molecule has 0 saturated carbocycles. The number of halogens is 1. The van der Waals surface area contributed by atoms with Gasteiger partial charge in [0.05, 0.1) is 13.0 Å². The largest absolute Gasteiger partial charge is 0.496 e. The number of hydrogen-bond donors (Lipinski definition) is 1. The fourth-order valence-electron chi connectivity index (χ4n) is 1.96. The maximum absolute atomic E-state index is 12.2. The molecule has 1 amide bonds. The summed E-state index contributed by atoms with van der Waals surface area (Å²) in [4.78, 5) is 13.9. The molecule has 0 bridgehead atoms. The van der Waals surface area contributed by atoms with Gasteiger partial charge in [0.2, 0.25) is 5.91 Å². The van der Waals surface area contributed by atoms with Crippen LogP contribution in [0.4, 0.5) is 0 Å². The Morgan fingerprint density at radius 3 is 2.74 bits per heavy atom. The van der Waals surface area contributed by atoms with E-state index in [9.17, 15) is 4.79 Å². The molecule has 0 saturated heterocycles. The fraction of sp³-hybridized carbons (Fsp3) is 0.500. The molecule has 0 fully saturated rings. The number of benzene rings is 1. The lowest BCUT2D eigenvalue weighted by Crippen LogP contribution is -2.36. The van der Waals surface area contributed by atoms with Gasteiger partial charge in [0.25, 0.3) is 0 Å². The first-order valence-corrected chi connectivity index (χ1v) is 7.10. The van der Waals surface area contributed by atoms with Gasteiger partial charge in [-0.2, -0.15) is 0 Å². The summed E-state index contributed by atoms with van der Waals surface area (Å²) in [5.74, 6) is 0.749. The minimum absolute atomic E-state index is 0.0760. The van der Waals surface area contributed by atoms with Gasteiger partial charge in [0.1, 0.15) is 5.75 Å². The Morgan fingerprint density at radius 2 is 2.21 bits per heavy atom. The molecule has 1 unspecified atom stereocenters. The zero-order valence-electron chi connectivity index (χ0n) is 11.6. The van der Waals surface area contributed by atoms with Crippen molar-refractivity contribution in [1.82, 2.24) is 4.90 Å².